The Morgan fingerprint density at radius 1 is 1.04 bits per heavy atom. The monoisotopic (exact) mass is 381 g/mol. The number of hydrogen-bond acceptors (Lipinski definition) is 4. The van der Waals surface area contributed by atoms with Crippen LogP contribution in [0.25, 0.3) is 0 Å². The van der Waals surface area contributed by atoms with Crippen molar-refractivity contribution >= 4 is 29.1 Å². The van der Waals surface area contributed by atoms with E-state index in [1.165, 1.54) is 49.7 Å². The van der Waals surface area contributed by atoms with Gasteiger partial charge in [0.15, 0.2) is 5.11 Å². The summed E-state index contributed by atoms with van der Waals surface area (Å²) < 4.78 is 0. The molecule has 0 spiro atoms. The van der Waals surface area contributed by atoms with Crippen molar-refractivity contribution in [3.8, 4) is 0 Å². The molecule has 27 heavy (non-hydrogen) atoms. The Labute approximate surface area is 166 Å². The van der Waals surface area contributed by atoms with E-state index < -0.39 is 0 Å². The molecule has 2 heterocycles. The molecule has 1 fully saturated rings. The summed E-state index contributed by atoms with van der Waals surface area (Å²) in [6.45, 7) is 3.77. The lowest BCUT2D eigenvalue weighted by molar-refractivity contribution is 0.535. The van der Waals surface area contributed by atoms with Crippen molar-refractivity contribution in [3.63, 3.8) is 0 Å². The third-order valence-corrected chi connectivity index (χ3v) is 5.64. The molecule has 2 N–H and O–H groups in total. The zero-order valence-electron chi connectivity index (χ0n) is 15.9. The molecule has 1 aliphatic heterocycles. The summed E-state index contributed by atoms with van der Waals surface area (Å²) in [7, 11) is 0. The van der Waals surface area contributed by atoms with Crippen LogP contribution >= 0.6 is 12.2 Å². The van der Waals surface area contributed by atoms with E-state index in [0.29, 0.717) is 17.1 Å². The number of thiocarbonyl (C=S) groups is 1. The molecule has 1 aliphatic carbocycles. The molecule has 6 heteroatoms. The van der Waals surface area contributed by atoms with Crippen LogP contribution in [-0.4, -0.2) is 21.1 Å². The fourth-order valence-electron chi connectivity index (χ4n) is 4.01. The number of aromatic nitrogens is 2. The molecule has 0 amide bonds. The summed E-state index contributed by atoms with van der Waals surface area (Å²) in [5.41, 5.74) is 3.68. The molecule has 2 aromatic rings. The van der Waals surface area contributed by atoms with Crippen molar-refractivity contribution in [1.29, 1.82) is 0 Å². The average molecular weight is 382 g/mol. The topological polar surface area (TPSA) is 53.1 Å². The Hall–Kier alpha value is -2.21. The first-order valence-electron chi connectivity index (χ1n) is 9.92. The lowest BCUT2D eigenvalue weighted by Gasteiger charge is -2.20. The second kappa shape index (κ2) is 8.21. The molecule has 0 radical (unpaired) electrons. The van der Waals surface area contributed by atoms with Crippen molar-refractivity contribution in [2.45, 2.75) is 64.6 Å². The Morgan fingerprint density at radius 2 is 1.70 bits per heavy atom. The summed E-state index contributed by atoms with van der Waals surface area (Å²) >= 11 is 5.52. The van der Waals surface area contributed by atoms with Gasteiger partial charge in [-0.2, -0.15) is 4.98 Å². The number of nitrogens with one attached hydrogen (secondary N) is 2. The second-order valence-electron chi connectivity index (χ2n) is 7.60. The first kappa shape index (κ1) is 18.2. The summed E-state index contributed by atoms with van der Waals surface area (Å²) in [5, 5.41) is 7.29. The zero-order chi connectivity index (χ0) is 18.6. The van der Waals surface area contributed by atoms with Gasteiger partial charge in [0.2, 0.25) is 5.95 Å². The predicted octanol–water partition coefficient (Wildman–Crippen LogP) is 4.31. The second-order valence-corrected chi connectivity index (χ2v) is 8.01. The Kier molecular flexibility index (Phi) is 5.53. The molecular formula is C21H27N5S. The number of fused-ring (bicyclic) bond motifs is 1. The number of hydrogen-bond donors (Lipinski definition) is 2. The molecule has 1 saturated carbocycles. The van der Waals surface area contributed by atoms with E-state index in [-0.39, 0.29) is 0 Å². The van der Waals surface area contributed by atoms with E-state index in [9.17, 15) is 0 Å². The van der Waals surface area contributed by atoms with Crippen molar-refractivity contribution in [2.75, 3.05) is 10.2 Å². The molecule has 0 bridgehead atoms. The van der Waals surface area contributed by atoms with Crippen LogP contribution in [0, 0.1) is 6.92 Å². The van der Waals surface area contributed by atoms with Crippen LogP contribution in [0.4, 0.5) is 11.8 Å². The molecule has 1 aromatic heterocycles. The van der Waals surface area contributed by atoms with E-state index in [1.807, 2.05) is 13.0 Å². The van der Waals surface area contributed by atoms with Gasteiger partial charge in [-0.25, -0.2) is 4.98 Å². The summed E-state index contributed by atoms with van der Waals surface area (Å²) in [6.07, 6.45) is 7.60. The quantitative estimate of drug-likeness (QED) is 0.610. The molecule has 142 valence electrons. The summed E-state index contributed by atoms with van der Waals surface area (Å²) in [6, 6.07) is 11.1. The van der Waals surface area contributed by atoms with Gasteiger partial charge in [0, 0.05) is 30.9 Å². The van der Waals surface area contributed by atoms with Gasteiger partial charge < -0.3 is 15.5 Å². The van der Waals surface area contributed by atoms with Crippen molar-refractivity contribution in [2.24, 2.45) is 0 Å². The van der Waals surface area contributed by atoms with Crippen molar-refractivity contribution in [3.05, 3.63) is 47.2 Å². The van der Waals surface area contributed by atoms with Crippen molar-refractivity contribution in [1.82, 2.24) is 15.3 Å². The van der Waals surface area contributed by atoms with Gasteiger partial charge in [-0.1, -0.05) is 49.9 Å². The van der Waals surface area contributed by atoms with Crippen LogP contribution < -0.4 is 15.5 Å². The first-order chi connectivity index (χ1) is 13.2. The highest BCUT2D eigenvalue weighted by atomic mass is 32.1. The Morgan fingerprint density at radius 3 is 2.37 bits per heavy atom. The van der Waals surface area contributed by atoms with Gasteiger partial charge >= 0.3 is 0 Å². The van der Waals surface area contributed by atoms with E-state index in [2.05, 4.69) is 44.8 Å². The lowest BCUT2D eigenvalue weighted by Crippen LogP contribution is -2.37. The number of aryl methyl sites for hydroxylation is 1. The summed E-state index contributed by atoms with van der Waals surface area (Å²) in [5.74, 6) is 1.52. The molecule has 4 rings (SSSR count). The number of rotatable bonds is 3. The molecular weight excluding hydrogens is 354 g/mol. The molecule has 2 aliphatic rings. The molecule has 0 unspecified atom stereocenters. The number of anilines is 2. The minimum absolute atomic E-state index is 0.463. The zero-order valence-corrected chi connectivity index (χ0v) is 16.7. The van der Waals surface area contributed by atoms with Crippen LogP contribution in [0.3, 0.4) is 0 Å². The average Bonchev–Trinajstić information content (AvgIpc) is 2.92. The minimum atomic E-state index is 0.463. The SMILES string of the molecule is Cc1cc(N2Cc3ccccc3C2)nc(NC(=S)NC2CCCCCC2)n1. The Bertz CT molecular complexity index is 789. The lowest BCUT2D eigenvalue weighted by atomic mass is 10.1. The number of nitrogens with zero attached hydrogens (tertiary/aromatic N) is 3. The highest BCUT2D eigenvalue weighted by Crippen LogP contribution is 2.27. The Balaban J connectivity index is 1.42. The normalized spacial score (nSPS) is 17.3. The molecule has 0 saturated heterocycles. The fourth-order valence-corrected chi connectivity index (χ4v) is 4.27. The van der Waals surface area contributed by atoms with Gasteiger partial charge in [-0.15, -0.1) is 0 Å². The van der Waals surface area contributed by atoms with Crippen LogP contribution in [0.15, 0.2) is 30.3 Å². The van der Waals surface area contributed by atoms with E-state index >= 15 is 0 Å². The fraction of sp³-hybridized carbons (Fsp3) is 0.476. The van der Waals surface area contributed by atoms with Crippen LogP contribution in [-0.2, 0) is 13.1 Å². The van der Waals surface area contributed by atoms with E-state index in [4.69, 9.17) is 17.2 Å². The summed E-state index contributed by atoms with van der Waals surface area (Å²) in [4.78, 5) is 11.5. The van der Waals surface area contributed by atoms with Gasteiger partial charge in [-0.05, 0) is 43.1 Å². The maximum absolute atomic E-state index is 5.52. The highest BCUT2D eigenvalue weighted by Gasteiger charge is 2.21. The maximum atomic E-state index is 5.52. The van der Waals surface area contributed by atoms with Gasteiger partial charge in [0.05, 0.1) is 0 Å². The minimum Gasteiger partial charge on any atom is -0.360 e. The predicted molar refractivity (Wildman–Crippen MR) is 114 cm³/mol. The smallest absolute Gasteiger partial charge is 0.231 e. The molecule has 5 nitrogen and oxygen atoms in total. The van der Waals surface area contributed by atoms with Crippen LogP contribution in [0.5, 0.6) is 0 Å². The number of benzene rings is 1. The standard InChI is InChI=1S/C21H27N5S/c1-15-12-19(26-13-16-8-6-7-9-17(16)14-26)24-20(22-15)25-21(27)23-18-10-4-2-3-5-11-18/h6-9,12,18H,2-5,10-11,13-14H2,1H3,(H2,22,23,24,25,27). The third-order valence-electron chi connectivity index (χ3n) is 5.42. The highest BCUT2D eigenvalue weighted by molar-refractivity contribution is 7.80. The van der Waals surface area contributed by atoms with Crippen LogP contribution in [0.2, 0.25) is 0 Å². The van der Waals surface area contributed by atoms with Crippen LogP contribution in [0.1, 0.15) is 55.3 Å². The van der Waals surface area contributed by atoms with Gasteiger partial charge in [0.25, 0.3) is 0 Å². The van der Waals surface area contributed by atoms with Crippen molar-refractivity contribution < 1.29 is 0 Å². The largest absolute Gasteiger partial charge is 0.360 e. The molecule has 0 atom stereocenters. The first-order valence-corrected chi connectivity index (χ1v) is 10.3. The maximum Gasteiger partial charge on any atom is 0.231 e. The molecule has 1 aromatic carbocycles. The van der Waals surface area contributed by atoms with Gasteiger partial charge in [-0.3, -0.25) is 0 Å². The van der Waals surface area contributed by atoms with Gasteiger partial charge in [0.1, 0.15) is 5.82 Å². The van der Waals surface area contributed by atoms with E-state index in [0.717, 1.165) is 24.6 Å². The van der Waals surface area contributed by atoms with E-state index in [1.54, 1.807) is 0 Å². The third kappa shape index (κ3) is 4.56.